The third kappa shape index (κ3) is 9.94. The summed E-state index contributed by atoms with van der Waals surface area (Å²) < 4.78 is 0. The summed E-state index contributed by atoms with van der Waals surface area (Å²) in [5, 5.41) is 3.71. The van der Waals surface area contributed by atoms with Crippen LogP contribution in [0.15, 0.2) is 193 Å². The summed E-state index contributed by atoms with van der Waals surface area (Å²) in [6.45, 7) is 12.6. The van der Waals surface area contributed by atoms with E-state index in [1.807, 2.05) is 30.6 Å². The first-order chi connectivity index (χ1) is 23.6. The maximum atomic E-state index is 5.12. The zero-order valence-corrected chi connectivity index (χ0v) is 27.6. The highest BCUT2D eigenvalue weighted by Gasteiger charge is 2.19. The molecule has 48 heavy (non-hydrogen) atoms. The molecule has 0 radical (unpaired) electrons. The Kier molecular flexibility index (Phi) is 12.6. The first-order valence-electron chi connectivity index (χ1n) is 16.6. The maximum absolute atomic E-state index is 5.12. The van der Waals surface area contributed by atoms with Gasteiger partial charge in [0, 0.05) is 41.6 Å². The van der Waals surface area contributed by atoms with Crippen molar-refractivity contribution in [2.45, 2.75) is 44.7 Å². The van der Waals surface area contributed by atoms with Gasteiger partial charge in [0.15, 0.2) is 0 Å². The normalized spacial score (nSPS) is 19.5. The van der Waals surface area contributed by atoms with Gasteiger partial charge in [-0.2, -0.15) is 0 Å². The fourth-order valence-electron chi connectivity index (χ4n) is 5.49. The quantitative estimate of drug-likeness (QED) is 0.215. The maximum Gasteiger partial charge on any atom is 0.119 e. The van der Waals surface area contributed by atoms with Crippen molar-refractivity contribution in [2.24, 2.45) is 4.99 Å². The van der Waals surface area contributed by atoms with Crippen molar-refractivity contribution in [1.29, 1.82) is 0 Å². The average Bonchev–Trinajstić information content (AvgIpc) is 3.14. The first kappa shape index (κ1) is 33.7. The molecule has 1 aromatic carbocycles. The van der Waals surface area contributed by atoms with E-state index in [1.54, 1.807) is 12.4 Å². The zero-order valence-electron chi connectivity index (χ0n) is 27.6. The largest absolute Gasteiger partial charge is 0.363 e. The Morgan fingerprint density at radius 3 is 2.02 bits per heavy atom. The minimum Gasteiger partial charge on any atom is -0.363 e. The molecule has 2 aromatic heterocycles. The van der Waals surface area contributed by atoms with Crippen LogP contribution in [0.25, 0.3) is 16.8 Å². The predicted octanol–water partition coefficient (Wildman–Crippen LogP) is 10.6. The number of allylic oxidation sites excluding steroid dienone is 16. The Bertz CT molecular complexity index is 1830. The summed E-state index contributed by atoms with van der Waals surface area (Å²) in [5.41, 5.74) is 10.8. The Balaban J connectivity index is 1.31. The number of nitrogens with one attached hydrogen (secondary N) is 1. The molecule has 0 saturated carbocycles. The van der Waals surface area contributed by atoms with Gasteiger partial charge in [0.25, 0.3) is 0 Å². The van der Waals surface area contributed by atoms with Crippen molar-refractivity contribution in [3.63, 3.8) is 0 Å². The van der Waals surface area contributed by atoms with Gasteiger partial charge in [-0.1, -0.05) is 104 Å². The number of nitrogens with zero attached hydrogens (tertiary/aromatic N) is 3. The molecule has 0 fully saturated rings. The van der Waals surface area contributed by atoms with Gasteiger partial charge in [0.2, 0.25) is 0 Å². The summed E-state index contributed by atoms with van der Waals surface area (Å²) in [5.74, 6) is 0. The van der Waals surface area contributed by atoms with Crippen molar-refractivity contribution in [2.75, 3.05) is 0 Å². The van der Waals surface area contributed by atoms with E-state index in [0.717, 1.165) is 94.5 Å². The topological polar surface area (TPSA) is 50.2 Å². The van der Waals surface area contributed by atoms with E-state index in [2.05, 4.69) is 138 Å². The molecule has 0 amide bonds. The molecule has 3 heterocycles. The monoisotopic (exact) mass is 628 g/mol. The lowest BCUT2D eigenvalue weighted by Gasteiger charge is -2.25. The minimum atomic E-state index is -0.118. The number of pyridine rings is 2. The summed E-state index contributed by atoms with van der Waals surface area (Å²) in [7, 11) is 0. The number of aliphatic imine (C=N–C) groups is 1. The average molecular weight is 629 g/mol. The van der Waals surface area contributed by atoms with Gasteiger partial charge in [-0.25, -0.2) is 0 Å². The number of hydrogen-bond donors (Lipinski definition) is 1. The Morgan fingerprint density at radius 1 is 0.750 bits per heavy atom. The Morgan fingerprint density at radius 2 is 1.38 bits per heavy atom. The highest BCUT2D eigenvalue weighted by Crippen LogP contribution is 2.27. The predicted molar refractivity (Wildman–Crippen MR) is 204 cm³/mol. The molecule has 0 saturated heterocycles. The van der Waals surface area contributed by atoms with E-state index < -0.39 is 0 Å². The van der Waals surface area contributed by atoms with Crippen LogP contribution < -0.4 is 5.32 Å². The van der Waals surface area contributed by atoms with Crippen molar-refractivity contribution < 1.29 is 0 Å². The molecule has 4 nitrogen and oxygen atoms in total. The molecule has 5 rings (SSSR count). The smallest absolute Gasteiger partial charge is 0.119 e. The van der Waals surface area contributed by atoms with Crippen molar-refractivity contribution in [3.8, 4) is 11.1 Å². The van der Waals surface area contributed by atoms with Crippen LogP contribution in [0.3, 0.4) is 0 Å². The molecule has 2 aliphatic rings. The molecule has 1 N–H and O–H groups in total. The molecule has 4 heteroatoms. The second-order valence-corrected chi connectivity index (χ2v) is 11.8. The minimum absolute atomic E-state index is 0.118. The van der Waals surface area contributed by atoms with Gasteiger partial charge in [0.05, 0.1) is 5.71 Å². The first-order valence-corrected chi connectivity index (χ1v) is 16.6. The molecule has 0 spiro atoms. The van der Waals surface area contributed by atoms with Gasteiger partial charge < -0.3 is 5.32 Å². The second-order valence-electron chi connectivity index (χ2n) is 11.8. The molecule has 240 valence electrons. The van der Waals surface area contributed by atoms with Gasteiger partial charge >= 0.3 is 0 Å². The van der Waals surface area contributed by atoms with Crippen LogP contribution in [-0.2, 0) is 0 Å². The van der Waals surface area contributed by atoms with Crippen molar-refractivity contribution in [1.82, 2.24) is 15.3 Å². The summed E-state index contributed by atoms with van der Waals surface area (Å²) in [6.07, 6.45) is 38.0. The van der Waals surface area contributed by atoms with Gasteiger partial charge in [-0.15, -0.1) is 6.58 Å². The van der Waals surface area contributed by atoms with Crippen LogP contribution in [-0.4, -0.2) is 21.8 Å². The highest BCUT2D eigenvalue weighted by molar-refractivity contribution is 6.12. The fraction of sp³-hybridized carbons (Fsp3) is 0.159. The van der Waals surface area contributed by atoms with Crippen LogP contribution in [0.2, 0.25) is 0 Å². The van der Waals surface area contributed by atoms with E-state index in [1.165, 1.54) is 0 Å². The van der Waals surface area contributed by atoms with Crippen LogP contribution in [0, 0.1) is 0 Å². The van der Waals surface area contributed by atoms with Crippen LogP contribution in [0.1, 0.15) is 49.7 Å². The fourth-order valence-corrected chi connectivity index (χ4v) is 5.49. The van der Waals surface area contributed by atoms with E-state index in [9.17, 15) is 0 Å². The summed E-state index contributed by atoms with van der Waals surface area (Å²) in [4.78, 5) is 13.8. The van der Waals surface area contributed by atoms with Crippen LogP contribution >= 0.6 is 0 Å². The van der Waals surface area contributed by atoms with E-state index in [-0.39, 0.29) is 6.17 Å². The van der Waals surface area contributed by atoms with Crippen molar-refractivity contribution in [3.05, 3.63) is 199 Å². The Hall–Kier alpha value is -5.61. The molecule has 0 bridgehead atoms. The molecule has 1 unspecified atom stereocenters. The molecule has 3 aromatic rings. The molecule has 1 aliphatic heterocycles. The molecule has 1 aliphatic carbocycles. The number of rotatable bonds is 11. The van der Waals surface area contributed by atoms with Crippen LogP contribution in [0.5, 0.6) is 0 Å². The van der Waals surface area contributed by atoms with Crippen LogP contribution in [0.4, 0.5) is 0 Å². The lowest BCUT2D eigenvalue weighted by Crippen LogP contribution is -2.31. The molecular weight excluding hydrogens is 585 g/mol. The molecular formula is C44H44N4. The Labute approximate surface area is 286 Å². The third-order valence-corrected chi connectivity index (χ3v) is 8.19. The summed E-state index contributed by atoms with van der Waals surface area (Å²) in [6, 6.07) is 16.6. The number of benzene rings is 1. The molecule has 1 atom stereocenters. The lowest BCUT2D eigenvalue weighted by atomic mass is 9.98. The SMILES string of the molecule is C=CCCC(=C)C1=C\C=C/C=C\C=C(C(=C)CCC2N=C(c3cccnc3)C=C(c3cccc(-c4cccnc4)c3)N2)\C=C\CCC=C1. The summed E-state index contributed by atoms with van der Waals surface area (Å²) >= 11 is 0. The zero-order chi connectivity index (χ0) is 33.4. The standard InChI is InChI=1S/C44H44N4/c1-4-5-17-34(2)36-18-10-6-8-12-20-37(21-13-9-7-11-19-36)35(3)26-27-44-47-42(31-43(48-44)41-25-16-29-46-33-41)39-23-14-22-38(30-39)40-24-15-28-45-32-40/h4,6,8,10-16,18-25,28-33,44,47H,1-3,5,7,9,17,26-27H2/b10-6-,12-8-,19-11?,21-13+,36-18?,37-20-. The van der Waals surface area contributed by atoms with Gasteiger partial charge in [-0.05, 0) is 102 Å². The van der Waals surface area contributed by atoms with Gasteiger partial charge in [-0.3, -0.25) is 15.0 Å². The number of hydrogen-bond acceptors (Lipinski definition) is 4. The van der Waals surface area contributed by atoms with E-state index >= 15 is 0 Å². The highest BCUT2D eigenvalue weighted by atomic mass is 15.1. The van der Waals surface area contributed by atoms with E-state index in [4.69, 9.17) is 4.99 Å². The third-order valence-electron chi connectivity index (χ3n) is 8.19. The number of aromatic nitrogens is 2. The second kappa shape index (κ2) is 17.9. The lowest BCUT2D eigenvalue weighted by molar-refractivity contribution is 0.571. The van der Waals surface area contributed by atoms with E-state index in [0.29, 0.717) is 0 Å². The van der Waals surface area contributed by atoms with Gasteiger partial charge in [0.1, 0.15) is 6.17 Å². The van der Waals surface area contributed by atoms with Crippen molar-refractivity contribution >= 4 is 11.4 Å².